The normalized spacial score (nSPS) is 11.4. The van der Waals surface area contributed by atoms with Crippen LogP contribution in [0.15, 0.2) is 12.2 Å². The van der Waals surface area contributed by atoms with Crippen LogP contribution in [0.5, 0.6) is 0 Å². The summed E-state index contributed by atoms with van der Waals surface area (Å²) in [5.74, 6) is -0.323. The lowest BCUT2D eigenvalue weighted by Crippen LogP contribution is -2.45. The van der Waals surface area contributed by atoms with Crippen molar-refractivity contribution in [1.82, 2.24) is 0 Å². The van der Waals surface area contributed by atoms with E-state index in [9.17, 15) is 4.79 Å². The van der Waals surface area contributed by atoms with Crippen molar-refractivity contribution >= 4 is 14.8 Å². The van der Waals surface area contributed by atoms with Gasteiger partial charge in [-0.15, -0.1) is 0 Å². The molecule has 0 saturated carbocycles. The van der Waals surface area contributed by atoms with Crippen LogP contribution in [0.2, 0.25) is 6.04 Å². The quantitative estimate of drug-likeness (QED) is 0.226. The molecular formula is C15H30O5Si. The van der Waals surface area contributed by atoms with E-state index in [-0.39, 0.29) is 5.97 Å². The van der Waals surface area contributed by atoms with Crippen LogP contribution in [0, 0.1) is 0 Å². The predicted molar refractivity (Wildman–Crippen MR) is 85.1 cm³/mol. The smallest absolute Gasteiger partial charge is 0.462 e. The van der Waals surface area contributed by atoms with Crippen LogP contribution in [0.25, 0.3) is 0 Å². The predicted octanol–water partition coefficient (Wildman–Crippen LogP) is 3.32. The highest BCUT2D eigenvalue weighted by molar-refractivity contribution is 6.60. The molecule has 0 N–H and O–H groups in total. The van der Waals surface area contributed by atoms with Crippen LogP contribution in [-0.4, -0.2) is 41.2 Å². The van der Waals surface area contributed by atoms with Crippen molar-refractivity contribution in [3.63, 3.8) is 0 Å². The Bertz CT molecular complexity index is 289. The van der Waals surface area contributed by atoms with Crippen LogP contribution in [0.4, 0.5) is 0 Å². The lowest BCUT2D eigenvalue weighted by atomic mass is 10.3. The average Bonchev–Trinajstić information content (AvgIpc) is 2.43. The van der Waals surface area contributed by atoms with Crippen molar-refractivity contribution < 1.29 is 22.8 Å². The van der Waals surface area contributed by atoms with Gasteiger partial charge in [-0.25, -0.2) is 4.79 Å². The number of hydrogen-bond acceptors (Lipinski definition) is 5. The molecule has 0 amide bonds. The molecular weight excluding hydrogens is 288 g/mol. The third-order valence-electron chi connectivity index (χ3n) is 2.80. The molecule has 0 aromatic rings. The monoisotopic (exact) mass is 318 g/mol. The molecule has 5 nitrogen and oxygen atoms in total. The lowest BCUT2D eigenvalue weighted by Gasteiger charge is -2.28. The molecule has 6 heteroatoms. The lowest BCUT2D eigenvalue weighted by molar-refractivity contribution is -0.139. The minimum absolute atomic E-state index is 0.323. The SMILES string of the molecule is C=C(C)C(=O)OCCCCC[Si](OCC)(OCC)OCC. The first-order chi connectivity index (χ1) is 10.0. The highest BCUT2D eigenvalue weighted by atomic mass is 28.4. The van der Waals surface area contributed by atoms with E-state index in [1.807, 2.05) is 20.8 Å². The Morgan fingerprint density at radius 2 is 1.48 bits per heavy atom. The van der Waals surface area contributed by atoms with Crippen molar-refractivity contribution in [1.29, 1.82) is 0 Å². The van der Waals surface area contributed by atoms with Gasteiger partial charge in [-0.05, 0) is 40.5 Å². The Labute approximate surface area is 130 Å². The number of unbranched alkanes of at least 4 members (excludes halogenated alkanes) is 2. The zero-order chi connectivity index (χ0) is 16.1. The first-order valence-electron chi connectivity index (χ1n) is 7.75. The Morgan fingerprint density at radius 3 is 1.90 bits per heavy atom. The molecule has 21 heavy (non-hydrogen) atoms. The summed E-state index contributed by atoms with van der Waals surface area (Å²) >= 11 is 0. The van der Waals surface area contributed by atoms with Gasteiger partial charge in [-0.3, -0.25) is 0 Å². The maximum Gasteiger partial charge on any atom is 0.500 e. The fraction of sp³-hybridized carbons (Fsp3) is 0.800. The molecule has 124 valence electrons. The molecule has 0 radical (unpaired) electrons. The average molecular weight is 318 g/mol. The molecule has 0 spiro atoms. The second-order valence-electron chi connectivity index (χ2n) is 4.71. The summed E-state index contributed by atoms with van der Waals surface area (Å²) in [7, 11) is -2.52. The van der Waals surface area contributed by atoms with Gasteiger partial charge in [-0.2, -0.15) is 0 Å². The highest BCUT2D eigenvalue weighted by Gasteiger charge is 2.39. The summed E-state index contributed by atoms with van der Waals surface area (Å²) in [6, 6.07) is 0.803. The second-order valence-corrected chi connectivity index (χ2v) is 7.44. The zero-order valence-electron chi connectivity index (χ0n) is 13.9. The minimum Gasteiger partial charge on any atom is -0.462 e. The van der Waals surface area contributed by atoms with Gasteiger partial charge in [0.15, 0.2) is 0 Å². The number of ether oxygens (including phenoxy) is 1. The number of rotatable bonds is 13. The molecule has 0 rings (SSSR count). The third-order valence-corrected chi connectivity index (χ3v) is 5.95. The molecule has 0 aliphatic carbocycles. The van der Waals surface area contributed by atoms with Gasteiger partial charge in [-0.1, -0.05) is 13.0 Å². The van der Waals surface area contributed by atoms with E-state index in [0.717, 1.165) is 25.3 Å². The standard InChI is InChI=1S/C15H30O5Si/c1-6-18-21(19-7-2,20-8-3)13-11-9-10-12-17-15(16)14(4)5/h4,6-13H2,1-3,5H3. The molecule has 0 aliphatic rings. The van der Waals surface area contributed by atoms with Crippen molar-refractivity contribution in [2.24, 2.45) is 0 Å². The first kappa shape index (κ1) is 20.3. The molecule has 0 fully saturated rings. The van der Waals surface area contributed by atoms with Crippen molar-refractivity contribution in [2.75, 3.05) is 26.4 Å². The molecule has 0 aromatic heterocycles. The molecule has 0 bridgehead atoms. The van der Waals surface area contributed by atoms with E-state index in [2.05, 4.69) is 6.58 Å². The topological polar surface area (TPSA) is 54.0 Å². The summed E-state index contributed by atoms with van der Waals surface area (Å²) < 4.78 is 22.4. The van der Waals surface area contributed by atoms with Crippen molar-refractivity contribution in [2.45, 2.75) is 53.0 Å². The van der Waals surface area contributed by atoms with Crippen LogP contribution in [-0.2, 0) is 22.8 Å². The highest BCUT2D eigenvalue weighted by Crippen LogP contribution is 2.19. The Hall–Kier alpha value is -0.693. The minimum atomic E-state index is -2.52. The number of carbonyl (C=O) groups is 1. The zero-order valence-corrected chi connectivity index (χ0v) is 14.9. The van der Waals surface area contributed by atoms with Gasteiger partial charge in [0.1, 0.15) is 0 Å². The maximum atomic E-state index is 11.2. The van der Waals surface area contributed by atoms with Gasteiger partial charge in [0.2, 0.25) is 0 Å². The van der Waals surface area contributed by atoms with E-state index in [4.69, 9.17) is 18.0 Å². The largest absolute Gasteiger partial charge is 0.500 e. The third kappa shape index (κ3) is 9.03. The first-order valence-corrected chi connectivity index (χ1v) is 9.69. The van der Waals surface area contributed by atoms with Gasteiger partial charge >= 0.3 is 14.8 Å². The molecule has 0 atom stereocenters. The van der Waals surface area contributed by atoms with E-state index in [0.29, 0.717) is 32.0 Å². The maximum absolute atomic E-state index is 11.2. The molecule has 0 saturated heterocycles. The second kappa shape index (κ2) is 11.9. The Morgan fingerprint density at radius 1 is 0.952 bits per heavy atom. The van der Waals surface area contributed by atoms with E-state index < -0.39 is 8.80 Å². The summed E-state index contributed by atoms with van der Waals surface area (Å²) in [6.07, 6.45) is 2.72. The van der Waals surface area contributed by atoms with Crippen LogP contribution in [0.3, 0.4) is 0 Å². The summed E-state index contributed by atoms with van der Waals surface area (Å²) in [4.78, 5) is 11.2. The van der Waals surface area contributed by atoms with Crippen LogP contribution >= 0.6 is 0 Å². The van der Waals surface area contributed by atoms with Gasteiger partial charge in [0.05, 0.1) is 6.61 Å². The van der Waals surface area contributed by atoms with Gasteiger partial charge in [0.25, 0.3) is 0 Å². The van der Waals surface area contributed by atoms with E-state index >= 15 is 0 Å². The van der Waals surface area contributed by atoms with Gasteiger partial charge in [0, 0.05) is 31.4 Å². The summed E-state index contributed by atoms with van der Waals surface area (Å²) in [5, 5.41) is 0. The van der Waals surface area contributed by atoms with E-state index in [1.165, 1.54) is 0 Å². The van der Waals surface area contributed by atoms with Crippen molar-refractivity contribution in [3.05, 3.63) is 12.2 Å². The Balaban J connectivity index is 4.01. The van der Waals surface area contributed by atoms with Gasteiger partial charge < -0.3 is 18.0 Å². The fourth-order valence-electron chi connectivity index (χ4n) is 1.91. The number of carbonyl (C=O) groups excluding carboxylic acids is 1. The molecule has 0 aliphatic heterocycles. The summed E-state index contributed by atoms with van der Waals surface area (Å²) in [6.45, 7) is 13.3. The summed E-state index contributed by atoms with van der Waals surface area (Å²) in [5.41, 5.74) is 0.436. The Kier molecular flexibility index (Phi) is 11.5. The molecule has 0 heterocycles. The van der Waals surface area contributed by atoms with Crippen LogP contribution in [0.1, 0.15) is 47.0 Å². The van der Waals surface area contributed by atoms with Crippen LogP contribution < -0.4 is 0 Å². The fourth-order valence-corrected chi connectivity index (χ4v) is 4.60. The number of esters is 1. The van der Waals surface area contributed by atoms with Crippen molar-refractivity contribution in [3.8, 4) is 0 Å². The molecule has 0 aromatic carbocycles. The number of hydrogen-bond donors (Lipinski definition) is 0. The molecule has 0 unspecified atom stereocenters. The van der Waals surface area contributed by atoms with E-state index in [1.54, 1.807) is 6.92 Å².